The highest BCUT2D eigenvalue weighted by Gasteiger charge is 2.11. The van der Waals surface area contributed by atoms with Crippen LogP contribution in [0.2, 0.25) is 0 Å². The lowest BCUT2D eigenvalue weighted by atomic mass is 10.0. The second-order valence-electron chi connectivity index (χ2n) is 5.87. The van der Waals surface area contributed by atoms with Gasteiger partial charge in [0.1, 0.15) is 0 Å². The average molecular weight is 327 g/mol. The van der Waals surface area contributed by atoms with Crippen molar-refractivity contribution in [2.24, 2.45) is 0 Å². The fourth-order valence-electron chi connectivity index (χ4n) is 2.68. The standard InChI is InChI=1S/C20H25NO3/c1-2-21(15-13-20(23)24)14-12-19(22)18-10-8-17(9-11-18)16-6-4-3-5-7-16/h3-11,19,22H,2,12-15H2,1H3,(H,23,24). The highest BCUT2D eigenvalue weighted by molar-refractivity contribution is 5.66. The molecule has 0 saturated heterocycles. The molecule has 0 radical (unpaired) electrons. The van der Waals surface area contributed by atoms with Crippen molar-refractivity contribution in [1.82, 2.24) is 4.90 Å². The number of benzene rings is 2. The first-order chi connectivity index (χ1) is 11.6. The number of carboxylic acid groups (broad SMARTS) is 1. The molecule has 0 fully saturated rings. The summed E-state index contributed by atoms with van der Waals surface area (Å²) >= 11 is 0. The number of rotatable bonds is 9. The van der Waals surface area contributed by atoms with Crippen molar-refractivity contribution in [3.05, 3.63) is 60.2 Å². The topological polar surface area (TPSA) is 60.8 Å². The van der Waals surface area contributed by atoms with Gasteiger partial charge in [0.15, 0.2) is 0 Å². The zero-order valence-corrected chi connectivity index (χ0v) is 14.1. The normalized spacial score (nSPS) is 12.3. The predicted molar refractivity (Wildman–Crippen MR) is 95.8 cm³/mol. The number of hydrogen-bond donors (Lipinski definition) is 2. The maximum Gasteiger partial charge on any atom is 0.304 e. The highest BCUT2D eigenvalue weighted by atomic mass is 16.4. The summed E-state index contributed by atoms with van der Waals surface area (Å²) in [5, 5.41) is 19.1. The quantitative estimate of drug-likeness (QED) is 0.739. The number of hydrogen-bond acceptors (Lipinski definition) is 3. The minimum atomic E-state index is -0.787. The minimum Gasteiger partial charge on any atom is -0.481 e. The summed E-state index contributed by atoms with van der Waals surface area (Å²) in [6, 6.07) is 18.1. The fourth-order valence-corrected chi connectivity index (χ4v) is 2.68. The van der Waals surface area contributed by atoms with Crippen molar-refractivity contribution in [3.63, 3.8) is 0 Å². The lowest BCUT2D eigenvalue weighted by molar-refractivity contribution is -0.137. The van der Waals surface area contributed by atoms with Crippen LogP contribution in [0.25, 0.3) is 11.1 Å². The average Bonchev–Trinajstić information content (AvgIpc) is 2.62. The Bertz CT molecular complexity index is 625. The van der Waals surface area contributed by atoms with Gasteiger partial charge < -0.3 is 15.1 Å². The first kappa shape index (κ1) is 18.2. The summed E-state index contributed by atoms with van der Waals surface area (Å²) in [7, 11) is 0. The predicted octanol–water partition coefficient (Wildman–Crippen LogP) is 3.57. The summed E-state index contributed by atoms with van der Waals surface area (Å²) in [6.07, 6.45) is 0.196. The molecule has 0 bridgehead atoms. The molecule has 2 aromatic rings. The number of aliphatic hydroxyl groups is 1. The van der Waals surface area contributed by atoms with E-state index in [1.54, 1.807) is 0 Å². The van der Waals surface area contributed by atoms with Crippen LogP contribution in [-0.2, 0) is 4.79 Å². The third kappa shape index (κ3) is 5.48. The van der Waals surface area contributed by atoms with E-state index in [1.165, 1.54) is 0 Å². The second kappa shape index (κ2) is 9.21. The Labute approximate surface area is 143 Å². The Morgan fingerprint density at radius 2 is 1.62 bits per heavy atom. The molecule has 2 N–H and O–H groups in total. The van der Waals surface area contributed by atoms with Gasteiger partial charge in [0.2, 0.25) is 0 Å². The van der Waals surface area contributed by atoms with Gasteiger partial charge in [0, 0.05) is 13.1 Å². The molecule has 1 atom stereocenters. The van der Waals surface area contributed by atoms with Gasteiger partial charge >= 0.3 is 5.97 Å². The SMILES string of the molecule is CCN(CCC(=O)O)CCC(O)c1ccc(-c2ccccc2)cc1. The molecular weight excluding hydrogens is 302 g/mol. The maximum absolute atomic E-state index is 10.7. The van der Waals surface area contributed by atoms with Crippen LogP contribution < -0.4 is 0 Å². The van der Waals surface area contributed by atoms with E-state index < -0.39 is 12.1 Å². The smallest absolute Gasteiger partial charge is 0.304 e. The van der Waals surface area contributed by atoms with E-state index in [9.17, 15) is 9.90 Å². The van der Waals surface area contributed by atoms with Gasteiger partial charge in [-0.05, 0) is 29.7 Å². The summed E-state index contributed by atoms with van der Waals surface area (Å²) in [5.41, 5.74) is 3.18. The molecule has 0 aliphatic rings. The van der Waals surface area contributed by atoms with Gasteiger partial charge in [-0.2, -0.15) is 0 Å². The van der Waals surface area contributed by atoms with E-state index in [0.717, 1.165) is 23.2 Å². The Kier molecular flexibility index (Phi) is 6.97. The van der Waals surface area contributed by atoms with Gasteiger partial charge in [-0.15, -0.1) is 0 Å². The Balaban J connectivity index is 1.90. The molecule has 0 aliphatic carbocycles. The van der Waals surface area contributed by atoms with Gasteiger partial charge in [0.25, 0.3) is 0 Å². The molecule has 2 rings (SSSR count). The van der Waals surface area contributed by atoms with Crippen molar-refractivity contribution in [2.75, 3.05) is 19.6 Å². The lowest BCUT2D eigenvalue weighted by Gasteiger charge is -2.21. The second-order valence-corrected chi connectivity index (χ2v) is 5.87. The molecule has 0 amide bonds. The lowest BCUT2D eigenvalue weighted by Crippen LogP contribution is -2.28. The third-order valence-corrected chi connectivity index (χ3v) is 4.21. The van der Waals surface area contributed by atoms with Crippen molar-refractivity contribution < 1.29 is 15.0 Å². The molecule has 0 heterocycles. The fraction of sp³-hybridized carbons (Fsp3) is 0.350. The van der Waals surface area contributed by atoms with E-state index in [-0.39, 0.29) is 6.42 Å². The summed E-state index contributed by atoms with van der Waals surface area (Å²) in [4.78, 5) is 12.7. The number of carboxylic acids is 1. The molecule has 4 nitrogen and oxygen atoms in total. The van der Waals surface area contributed by atoms with Crippen molar-refractivity contribution in [1.29, 1.82) is 0 Å². The minimum absolute atomic E-state index is 0.135. The molecule has 0 saturated carbocycles. The number of aliphatic carboxylic acids is 1. The van der Waals surface area contributed by atoms with Crippen LogP contribution in [0.15, 0.2) is 54.6 Å². The molecular formula is C20H25NO3. The van der Waals surface area contributed by atoms with E-state index in [4.69, 9.17) is 5.11 Å². The molecule has 1 unspecified atom stereocenters. The monoisotopic (exact) mass is 327 g/mol. The molecule has 2 aromatic carbocycles. The highest BCUT2D eigenvalue weighted by Crippen LogP contribution is 2.23. The van der Waals surface area contributed by atoms with Crippen LogP contribution >= 0.6 is 0 Å². The van der Waals surface area contributed by atoms with Crippen LogP contribution in [0, 0.1) is 0 Å². The molecule has 4 heteroatoms. The van der Waals surface area contributed by atoms with Crippen LogP contribution in [0.3, 0.4) is 0 Å². The zero-order valence-electron chi connectivity index (χ0n) is 14.1. The van der Waals surface area contributed by atoms with E-state index in [2.05, 4.69) is 17.0 Å². The van der Waals surface area contributed by atoms with Crippen LogP contribution in [0.4, 0.5) is 0 Å². The summed E-state index contributed by atoms with van der Waals surface area (Å²) in [5.74, 6) is -0.787. The van der Waals surface area contributed by atoms with Crippen LogP contribution in [-0.4, -0.2) is 40.7 Å². The van der Waals surface area contributed by atoms with Crippen molar-refractivity contribution in [2.45, 2.75) is 25.9 Å². The van der Waals surface area contributed by atoms with Gasteiger partial charge in [0.05, 0.1) is 12.5 Å². The van der Waals surface area contributed by atoms with Gasteiger partial charge in [-0.25, -0.2) is 0 Å². The summed E-state index contributed by atoms with van der Waals surface area (Å²) in [6.45, 7) is 3.99. The molecule has 0 aliphatic heterocycles. The largest absolute Gasteiger partial charge is 0.481 e. The Hall–Kier alpha value is -2.17. The number of carbonyl (C=O) groups is 1. The third-order valence-electron chi connectivity index (χ3n) is 4.21. The first-order valence-corrected chi connectivity index (χ1v) is 8.37. The first-order valence-electron chi connectivity index (χ1n) is 8.37. The molecule has 0 aromatic heterocycles. The van der Waals surface area contributed by atoms with Crippen LogP contribution in [0.5, 0.6) is 0 Å². The summed E-state index contributed by atoms with van der Waals surface area (Å²) < 4.78 is 0. The molecule has 0 spiro atoms. The van der Waals surface area contributed by atoms with Crippen molar-refractivity contribution in [3.8, 4) is 11.1 Å². The van der Waals surface area contributed by atoms with E-state index >= 15 is 0 Å². The Morgan fingerprint density at radius 3 is 2.21 bits per heavy atom. The number of nitrogens with zero attached hydrogens (tertiary/aromatic N) is 1. The zero-order chi connectivity index (χ0) is 17.4. The Morgan fingerprint density at radius 1 is 1.00 bits per heavy atom. The molecule has 24 heavy (non-hydrogen) atoms. The van der Waals surface area contributed by atoms with E-state index in [0.29, 0.717) is 19.5 Å². The van der Waals surface area contributed by atoms with E-state index in [1.807, 2.05) is 49.4 Å². The maximum atomic E-state index is 10.7. The van der Waals surface area contributed by atoms with Crippen LogP contribution in [0.1, 0.15) is 31.4 Å². The molecule has 128 valence electrons. The van der Waals surface area contributed by atoms with Gasteiger partial charge in [-0.1, -0.05) is 61.5 Å². The van der Waals surface area contributed by atoms with Crippen molar-refractivity contribution >= 4 is 5.97 Å². The number of aliphatic hydroxyl groups excluding tert-OH is 1. The van der Waals surface area contributed by atoms with Gasteiger partial charge in [-0.3, -0.25) is 4.79 Å².